The Labute approximate surface area is 88.9 Å². The summed E-state index contributed by atoms with van der Waals surface area (Å²) in [4.78, 5) is 15.7. The molecule has 0 spiro atoms. The van der Waals surface area contributed by atoms with E-state index in [-0.39, 0.29) is 5.78 Å². The van der Waals surface area contributed by atoms with Crippen molar-refractivity contribution in [2.75, 3.05) is 0 Å². The summed E-state index contributed by atoms with van der Waals surface area (Å²) in [5, 5.41) is 0. The minimum absolute atomic E-state index is 0.220. The molecule has 0 bridgehead atoms. The van der Waals surface area contributed by atoms with Crippen LogP contribution in [0.3, 0.4) is 0 Å². The summed E-state index contributed by atoms with van der Waals surface area (Å²) < 4.78 is 5.66. The number of furan rings is 1. The van der Waals surface area contributed by atoms with E-state index in [0.29, 0.717) is 15.9 Å². The molecule has 2 rings (SSSR count). The zero-order valence-corrected chi connectivity index (χ0v) is 8.69. The quantitative estimate of drug-likeness (QED) is 0.771. The highest BCUT2D eigenvalue weighted by Gasteiger charge is 2.15. The third-order valence-corrected chi connectivity index (χ3v) is 2.36. The molecule has 4 heteroatoms. The van der Waals surface area contributed by atoms with Crippen LogP contribution in [0.4, 0.5) is 0 Å². The number of ketones is 1. The van der Waals surface area contributed by atoms with Crippen LogP contribution in [-0.4, -0.2) is 10.8 Å². The normalized spacial score (nSPS) is 10.1. The highest BCUT2D eigenvalue weighted by Crippen LogP contribution is 2.17. The number of pyridine rings is 1. The molecule has 2 aromatic rings. The maximum absolute atomic E-state index is 11.7. The van der Waals surface area contributed by atoms with Gasteiger partial charge >= 0.3 is 0 Å². The van der Waals surface area contributed by atoms with E-state index in [1.807, 2.05) is 0 Å². The van der Waals surface area contributed by atoms with Gasteiger partial charge in [0, 0.05) is 10.7 Å². The van der Waals surface area contributed by atoms with Crippen molar-refractivity contribution in [1.29, 1.82) is 0 Å². The first kappa shape index (κ1) is 9.15. The number of carbonyl (C=O) groups excluding carboxylic acids is 1. The lowest BCUT2D eigenvalue weighted by atomic mass is 10.2. The smallest absolute Gasteiger partial charge is 0.247 e. The van der Waals surface area contributed by atoms with Crippen LogP contribution in [0.15, 0.2) is 45.6 Å². The fourth-order valence-corrected chi connectivity index (χ4v) is 1.51. The molecule has 0 N–H and O–H groups in total. The monoisotopic (exact) mass is 251 g/mol. The molecule has 0 aromatic carbocycles. The Hall–Kier alpha value is -1.42. The fraction of sp³-hybridized carbons (Fsp3) is 0. The predicted molar refractivity (Wildman–Crippen MR) is 54.1 cm³/mol. The van der Waals surface area contributed by atoms with Gasteiger partial charge in [0.05, 0.1) is 6.26 Å². The highest BCUT2D eigenvalue weighted by molar-refractivity contribution is 9.10. The summed E-state index contributed by atoms with van der Waals surface area (Å²) in [6.07, 6.45) is 3.03. The Morgan fingerprint density at radius 1 is 1.36 bits per heavy atom. The van der Waals surface area contributed by atoms with Crippen molar-refractivity contribution in [3.8, 4) is 0 Å². The number of aromatic nitrogens is 1. The van der Waals surface area contributed by atoms with Gasteiger partial charge < -0.3 is 4.42 Å². The molecular weight excluding hydrogens is 246 g/mol. The van der Waals surface area contributed by atoms with Crippen molar-refractivity contribution in [2.45, 2.75) is 0 Å². The van der Waals surface area contributed by atoms with Crippen molar-refractivity contribution in [3.05, 3.63) is 52.7 Å². The third kappa shape index (κ3) is 1.61. The van der Waals surface area contributed by atoms with Gasteiger partial charge in [0.15, 0.2) is 5.76 Å². The van der Waals surface area contributed by atoms with Crippen LogP contribution in [-0.2, 0) is 0 Å². The maximum Gasteiger partial charge on any atom is 0.247 e. The van der Waals surface area contributed by atoms with Gasteiger partial charge in [-0.1, -0.05) is 0 Å². The number of hydrogen-bond donors (Lipinski definition) is 0. The van der Waals surface area contributed by atoms with Crippen molar-refractivity contribution in [1.82, 2.24) is 4.98 Å². The van der Waals surface area contributed by atoms with Crippen LogP contribution in [0.1, 0.15) is 16.2 Å². The Bertz CT molecular complexity index is 451. The fourth-order valence-electron chi connectivity index (χ4n) is 1.08. The SMILES string of the molecule is O=C(c1ccco1)c1ncccc1Br. The molecule has 2 heterocycles. The van der Waals surface area contributed by atoms with Gasteiger partial charge in [0.2, 0.25) is 5.78 Å². The van der Waals surface area contributed by atoms with Gasteiger partial charge in [-0.2, -0.15) is 0 Å². The molecule has 0 aliphatic heterocycles. The zero-order chi connectivity index (χ0) is 9.97. The lowest BCUT2D eigenvalue weighted by Crippen LogP contribution is -2.03. The molecule has 0 aliphatic rings. The molecule has 0 fully saturated rings. The predicted octanol–water partition coefficient (Wildman–Crippen LogP) is 2.67. The van der Waals surface area contributed by atoms with Crippen LogP contribution in [0.5, 0.6) is 0 Å². The van der Waals surface area contributed by atoms with Crippen molar-refractivity contribution >= 4 is 21.7 Å². The standard InChI is InChI=1S/C10H6BrNO2/c11-7-3-1-5-12-9(7)10(13)8-4-2-6-14-8/h1-6H. The van der Waals surface area contributed by atoms with E-state index in [1.165, 1.54) is 6.26 Å². The van der Waals surface area contributed by atoms with Crippen LogP contribution in [0.2, 0.25) is 0 Å². The summed E-state index contributed by atoms with van der Waals surface area (Å²) >= 11 is 3.26. The zero-order valence-electron chi connectivity index (χ0n) is 7.11. The number of carbonyl (C=O) groups is 1. The van der Waals surface area contributed by atoms with E-state index in [4.69, 9.17) is 4.42 Å². The summed E-state index contributed by atoms with van der Waals surface area (Å²) in [6, 6.07) is 6.81. The average molecular weight is 252 g/mol. The molecule has 0 radical (unpaired) electrons. The minimum Gasteiger partial charge on any atom is -0.461 e. The van der Waals surface area contributed by atoms with Crippen molar-refractivity contribution < 1.29 is 9.21 Å². The Morgan fingerprint density at radius 2 is 2.21 bits per heavy atom. The van der Waals surface area contributed by atoms with Gasteiger partial charge in [0.25, 0.3) is 0 Å². The molecule has 0 saturated carbocycles. The van der Waals surface area contributed by atoms with E-state index in [0.717, 1.165) is 0 Å². The molecular formula is C10H6BrNO2. The topological polar surface area (TPSA) is 43.1 Å². The summed E-state index contributed by atoms with van der Waals surface area (Å²) in [6.45, 7) is 0. The van der Waals surface area contributed by atoms with E-state index in [1.54, 1.807) is 30.5 Å². The number of rotatable bonds is 2. The van der Waals surface area contributed by atoms with Crippen molar-refractivity contribution in [2.24, 2.45) is 0 Å². The van der Waals surface area contributed by atoms with E-state index in [9.17, 15) is 4.79 Å². The highest BCUT2D eigenvalue weighted by atomic mass is 79.9. The van der Waals surface area contributed by atoms with Crippen LogP contribution in [0.25, 0.3) is 0 Å². The second kappa shape index (κ2) is 3.75. The van der Waals surface area contributed by atoms with Gasteiger partial charge in [0.1, 0.15) is 5.69 Å². The molecule has 0 saturated heterocycles. The second-order valence-corrected chi connectivity index (χ2v) is 3.49. The van der Waals surface area contributed by atoms with E-state index in [2.05, 4.69) is 20.9 Å². The molecule has 2 aromatic heterocycles. The lowest BCUT2D eigenvalue weighted by molar-refractivity contribution is 0.100. The van der Waals surface area contributed by atoms with E-state index >= 15 is 0 Å². The summed E-state index contributed by atoms with van der Waals surface area (Å²) in [5.41, 5.74) is 0.363. The minimum atomic E-state index is -0.220. The average Bonchev–Trinajstić information content (AvgIpc) is 2.70. The number of hydrogen-bond acceptors (Lipinski definition) is 3. The lowest BCUT2D eigenvalue weighted by Gasteiger charge is -1.98. The summed E-state index contributed by atoms with van der Waals surface area (Å²) in [7, 11) is 0. The largest absolute Gasteiger partial charge is 0.461 e. The first-order valence-electron chi connectivity index (χ1n) is 3.98. The molecule has 0 aliphatic carbocycles. The van der Waals surface area contributed by atoms with Crippen LogP contribution < -0.4 is 0 Å². The summed E-state index contributed by atoms with van der Waals surface area (Å²) in [5.74, 6) is 0.0758. The maximum atomic E-state index is 11.7. The molecule has 0 unspecified atom stereocenters. The molecule has 3 nitrogen and oxygen atoms in total. The Balaban J connectivity index is 2.42. The molecule has 0 amide bonds. The first-order valence-corrected chi connectivity index (χ1v) is 4.77. The van der Waals surface area contributed by atoms with Crippen LogP contribution in [0, 0.1) is 0 Å². The van der Waals surface area contributed by atoms with Gasteiger partial charge in [-0.3, -0.25) is 9.78 Å². The number of halogens is 1. The molecule has 14 heavy (non-hydrogen) atoms. The van der Waals surface area contributed by atoms with Gasteiger partial charge in [-0.15, -0.1) is 0 Å². The van der Waals surface area contributed by atoms with E-state index < -0.39 is 0 Å². The van der Waals surface area contributed by atoms with Crippen LogP contribution >= 0.6 is 15.9 Å². The van der Waals surface area contributed by atoms with Gasteiger partial charge in [-0.05, 0) is 40.2 Å². The first-order chi connectivity index (χ1) is 6.79. The molecule has 0 atom stereocenters. The third-order valence-electron chi connectivity index (χ3n) is 1.72. The van der Waals surface area contributed by atoms with Crippen molar-refractivity contribution in [3.63, 3.8) is 0 Å². The Morgan fingerprint density at radius 3 is 2.86 bits per heavy atom. The number of nitrogens with zero attached hydrogens (tertiary/aromatic N) is 1. The molecule has 70 valence electrons. The van der Waals surface area contributed by atoms with Gasteiger partial charge in [-0.25, -0.2) is 0 Å². The second-order valence-electron chi connectivity index (χ2n) is 2.64. The Kier molecular flexibility index (Phi) is 2.45.